The highest BCUT2D eigenvalue weighted by Gasteiger charge is 2.33. The Morgan fingerprint density at radius 3 is 2.80 bits per heavy atom. The molecule has 1 aromatic carbocycles. The van der Waals surface area contributed by atoms with E-state index in [1.165, 1.54) is 0 Å². The molecule has 0 bridgehead atoms. The number of aryl methyl sites for hydroxylation is 1. The van der Waals surface area contributed by atoms with Crippen molar-refractivity contribution in [2.45, 2.75) is 32.2 Å². The van der Waals surface area contributed by atoms with E-state index in [0.717, 1.165) is 43.0 Å². The number of benzene rings is 1. The standard InChI is InChI=1S/C14H19N5O/c1-10-3-4-12(15)11(9-10)13-16-17-18-19(13)14(2)5-7-20-8-6-14/h3-4,9H,5-8,15H2,1-2H3. The third-order valence-electron chi connectivity index (χ3n) is 4.00. The van der Waals surface area contributed by atoms with Crippen LogP contribution in [0.4, 0.5) is 5.69 Å². The summed E-state index contributed by atoms with van der Waals surface area (Å²) in [6.07, 6.45) is 1.80. The van der Waals surface area contributed by atoms with Crippen LogP contribution < -0.4 is 5.73 Å². The number of tetrazole rings is 1. The quantitative estimate of drug-likeness (QED) is 0.843. The van der Waals surface area contributed by atoms with Gasteiger partial charge in [-0.1, -0.05) is 11.6 Å². The number of nitrogens with zero attached hydrogens (tertiary/aromatic N) is 4. The second-order valence-electron chi connectivity index (χ2n) is 5.61. The van der Waals surface area contributed by atoms with Crippen LogP contribution in [0.2, 0.25) is 0 Å². The number of hydrogen-bond donors (Lipinski definition) is 1. The maximum atomic E-state index is 6.09. The second-order valence-corrected chi connectivity index (χ2v) is 5.61. The number of nitrogen functional groups attached to an aromatic ring is 1. The zero-order chi connectivity index (χ0) is 14.2. The van der Waals surface area contributed by atoms with Crippen molar-refractivity contribution in [1.82, 2.24) is 20.2 Å². The van der Waals surface area contributed by atoms with E-state index in [2.05, 4.69) is 22.4 Å². The summed E-state index contributed by atoms with van der Waals surface area (Å²) in [6, 6.07) is 5.92. The molecule has 1 saturated heterocycles. The van der Waals surface area contributed by atoms with Crippen LogP contribution in [-0.4, -0.2) is 33.4 Å². The Kier molecular flexibility index (Phi) is 3.17. The Balaban J connectivity index is 2.08. The topological polar surface area (TPSA) is 78.9 Å². The molecule has 1 aliphatic rings. The van der Waals surface area contributed by atoms with E-state index in [9.17, 15) is 0 Å². The lowest BCUT2D eigenvalue weighted by Crippen LogP contribution is -2.38. The van der Waals surface area contributed by atoms with Gasteiger partial charge in [0.1, 0.15) is 0 Å². The third-order valence-corrected chi connectivity index (χ3v) is 4.00. The lowest BCUT2D eigenvalue weighted by molar-refractivity contribution is 0.0240. The average Bonchev–Trinajstić information content (AvgIpc) is 2.92. The van der Waals surface area contributed by atoms with Gasteiger partial charge < -0.3 is 10.5 Å². The van der Waals surface area contributed by atoms with Gasteiger partial charge in [0.15, 0.2) is 5.82 Å². The molecule has 0 spiro atoms. The molecule has 0 aliphatic carbocycles. The van der Waals surface area contributed by atoms with Crippen molar-refractivity contribution in [3.8, 4) is 11.4 Å². The molecular weight excluding hydrogens is 254 g/mol. The van der Waals surface area contributed by atoms with E-state index >= 15 is 0 Å². The average molecular weight is 273 g/mol. The molecule has 2 aromatic rings. The lowest BCUT2D eigenvalue weighted by atomic mass is 9.92. The van der Waals surface area contributed by atoms with E-state index in [1.54, 1.807) is 0 Å². The second kappa shape index (κ2) is 4.86. The number of aromatic nitrogens is 4. The van der Waals surface area contributed by atoms with Crippen LogP contribution in [0, 0.1) is 6.92 Å². The Morgan fingerprint density at radius 1 is 1.30 bits per heavy atom. The van der Waals surface area contributed by atoms with Crippen molar-refractivity contribution < 1.29 is 4.74 Å². The molecular formula is C14H19N5O. The maximum absolute atomic E-state index is 6.09. The van der Waals surface area contributed by atoms with Gasteiger partial charge in [0.25, 0.3) is 0 Å². The minimum atomic E-state index is -0.118. The van der Waals surface area contributed by atoms with Gasteiger partial charge in [0, 0.05) is 24.5 Å². The van der Waals surface area contributed by atoms with Crippen LogP contribution in [0.15, 0.2) is 18.2 Å². The largest absolute Gasteiger partial charge is 0.398 e. The molecule has 1 aliphatic heterocycles. The molecule has 106 valence electrons. The SMILES string of the molecule is Cc1ccc(N)c(-c2nnnn2C2(C)CCOCC2)c1. The smallest absolute Gasteiger partial charge is 0.184 e. The molecule has 0 unspecified atom stereocenters. The molecule has 0 radical (unpaired) electrons. The fraction of sp³-hybridized carbons (Fsp3) is 0.500. The van der Waals surface area contributed by atoms with Crippen molar-refractivity contribution in [1.29, 1.82) is 0 Å². The highest BCUT2D eigenvalue weighted by molar-refractivity contribution is 5.72. The minimum absolute atomic E-state index is 0.118. The highest BCUT2D eigenvalue weighted by Crippen LogP contribution is 2.33. The summed E-state index contributed by atoms with van der Waals surface area (Å²) in [6.45, 7) is 5.67. The predicted octanol–water partition coefficient (Wildman–Crippen LogP) is 1.76. The van der Waals surface area contributed by atoms with Gasteiger partial charge in [0.2, 0.25) is 0 Å². The van der Waals surface area contributed by atoms with Crippen molar-refractivity contribution in [3.63, 3.8) is 0 Å². The van der Waals surface area contributed by atoms with E-state index in [0.29, 0.717) is 5.69 Å². The van der Waals surface area contributed by atoms with E-state index in [1.807, 2.05) is 29.8 Å². The summed E-state index contributed by atoms with van der Waals surface area (Å²) in [4.78, 5) is 0. The van der Waals surface area contributed by atoms with Crippen LogP contribution in [0.25, 0.3) is 11.4 Å². The van der Waals surface area contributed by atoms with E-state index < -0.39 is 0 Å². The van der Waals surface area contributed by atoms with Crippen LogP contribution in [-0.2, 0) is 10.3 Å². The van der Waals surface area contributed by atoms with Crippen LogP contribution in [0.1, 0.15) is 25.3 Å². The number of anilines is 1. The summed E-state index contributed by atoms with van der Waals surface area (Å²) in [7, 11) is 0. The first-order valence-corrected chi connectivity index (χ1v) is 6.83. The predicted molar refractivity (Wildman–Crippen MR) is 76.1 cm³/mol. The molecule has 1 fully saturated rings. The zero-order valence-electron chi connectivity index (χ0n) is 11.8. The fourth-order valence-corrected chi connectivity index (χ4v) is 2.61. The summed E-state index contributed by atoms with van der Waals surface area (Å²) in [5, 5.41) is 12.2. The first kappa shape index (κ1) is 13.1. The number of rotatable bonds is 2. The number of ether oxygens (including phenoxy) is 1. The van der Waals surface area contributed by atoms with Gasteiger partial charge in [-0.3, -0.25) is 0 Å². The number of nitrogens with two attached hydrogens (primary N) is 1. The fourth-order valence-electron chi connectivity index (χ4n) is 2.61. The molecule has 6 nitrogen and oxygen atoms in total. The molecule has 2 heterocycles. The zero-order valence-corrected chi connectivity index (χ0v) is 11.8. The first-order valence-electron chi connectivity index (χ1n) is 6.83. The Hall–Kier alpha value is -1.95. The molecule has 1 aromatic heterocycles. The van der Waals surface area contributed by atoms with Gasteiger partial charge >= 0.3 is 0 Å². The van der Waals surface area contributed by atoms with Gasteiger partial charge in [-0.2, -0.15) is 0 Å². The van der Waals surface area contributed by atoms with Gasteiger partial charge in [-0.15, -0.1) is 5.10 Å². The summed E-state index contributed by atoms with van der Waals surface area (Å²) in [5.41, 5.74) is 8.70. The Morgan fingerprint density at radius 2 is 2.05 bits per heavy atom. The number of hydrogen-bond acceptors (Lipinski definition) is 5. The molecule has 6 heteroatoms. The lowest BCUT2D eigenvalue weighted by Gasteiger charge is -2.33. The minimum Gasteiger partial charge on any atom is -0.398 e. The summed E-state index contributed by atoms with van der Waals surface area (Å²) < 4.78 is 7.35. The van der Waals surface area contributed by atoms with E-state index in [4.69, 9.17) is 10.5 Å². The highest BCUT2D eigenvalue weighted by atomic mass is 16.5. The van der Waals surface area contributed by atoms with Crippen molar-refractivity contribution in [2.75, 3.05) is 18.9 Å². The Labute approximate surface area is 117 Å². The van der Waals surface area contributed by atoms with Gasteiger partial charge in [-0.05, 0) is 49.2 Å². The molecule has 0 atom stereocenters. The van der Waals surface area contributed by atoms with Crippen LogP contribution in [0.3, 0.4) is 0 Å². The molecule has 20 heavy (non-hydrogen) atoms. The monoisotopic (exact) mass is 273 g/mol. The van der Waals surface area contributed by atoms with Gasteiger partial charge in [-0.25, -0.2) is 4.68 Å². The van der Waals surface area contributed by atoms with E-state index in [-0.39, 0.29) is 5.54 Å². The van der Waals surface area contributed by atoms with Crippen LogP contribution in [0.5, 0.6) is 0 Å². The first-order chi connectivity index (χ1) is 9.60. The summed E-state index contributed by atoms with van der Waals surface area (Å²) >= 11 is 0. The third kappa shape index (κ3) is 2.16. The Bertz CT molecular complexity index is 616. The van der Waals surface area contributed by atoms with Crippen LogP contribution >= 0.6 is 0 Å². The summed E-state index contributed by atoms with van der Waals surface area (Å²) in [5.74, 6) is 0.732. The van der Waals surface area contributed by atoms with Crippen molar-refractivity contribution >= 4 is 5.69 Å². The molecule has 0 saturated carbocycles. The van der Waals surface area contributed by atoms with Gasteiger partial charge in [0.05, 0.1) is 5.54 Å². The molecule has 0 amide bonds. The molecule has 2 N–H and O–H groups in total. The normalized spacial score (nSPS) is 18.1. The maximum Gasteiger partial charge on any atom is 0.184 e. The molecule has 3 rings (SSSR count). The van der Waals surface area contributed by atoms with Crippen molar-refractivity contribution in [2.24, 2.45) is 0 Å². The van der Waals surface area contributed by atoms with Crippen molar-refractivity contribution in [3.05, 3.63) is 23.8 Å².